The average molecular weight is 302 g/mol. The zero-order valence-electron chi connectivity index (χ0n) is 8.65. The number of rotatable bonds is 3. The standard InChI is InChI=1S/C11H10BrClN2O/c1-15-10(12)6-14-11(15)7-16-9-4-2-8(13)3-5-9/h2-6H,7H2,1H3. The Kier molecular flexibility index (Phi) is 3.51. The quantitative estimate of drug-likeness (QED) is 0.868. The molecule has 0 radical (unpaired) electrons. The van der Waals surface area contributed by atoms with Gasteiger partial charge in [-0.25, -0.2) is 4.98 Å². The van der Waals surface area contributed by atoms with Crippen LogP contribution in [0.2, 0.25) is 5.02 Å². The van der Waals surface area contributed by atoms with E-state index in [-0.39, 0.29) is 0 Å². The van der Waals surface area contributed by atoms with Gasteiger partial charge in [0.15, 0.2) is 0 Å². The Hall–Kier alpha value is -1.00. The molecule has 0 spiro atoms. The summed E-state index contributed by atoms with van der Waals surface area (Å²) in [6.07, 6.45) is 1.75. The van der Waals surface area contributed by atoms with E-state index in [0.717, 1.165) is 16.2 Å². The number of imidazole rings is 1. The predicted molar refractivity (Wildman–Crippen MR) is 66.7 cm³/mol. The number of ether oxygens (including phenoxy) is 1. The molecule has 2 rings (SSSR count). The summed E-state index contributed by atoms with van der Waals surface area (Å²) in [4.78, 5) is 4.21. The number of aromatic nitrogens is 2. The third-order valence-electron chi connectivity index (χ3n) is 2.21. The summed E-state index contributed by atoms with van der Waals surface area (Å²) in [5.41, 5.74) is 0. The van der Waals surface area contributed by atoms with Crippen LogP contribution in [-0.4, -0.2) is 9.55 Å². The minimum absolute atomic E-state index is 0.434. The summed E-state index contributed by atoms with van der Waals surface area (Å²) in [5, 5.41) is 0.701. The summed E-state index contributed by atoms with van der Waals surface area (Å²) in [6, 6.07) is 7.26. The molecule has 0 aliphatic rings. The Labute approximate surface area is 107 Å². The maximum Gasteiger partial charge on any atom is 0.147 e. The van der Waals surface area contributed by atoms with E-state index < -0.39 is 0 Å². The topological polar surface area (TPSA) is 27.1 Å². The van der Waals surface area contributed by atoms with Crippen LogP contribution in [0.15, 0.2) is 35.1 Å². The minimum Gasteiger partial charge on any atom is -0.486 e. The zero-order valence-corrected chi connectivity index (χ0v) is 11.0. The van der Waals surface area contributed by atoms with Crippen molar-refractivity contribution >= 4 is 27.5 Å². The lowest BCUT2D eigenvalue weighted by atomic mass is 10.3. The van der Waals surface area contributed by atoms with Crippen molar-refractivity contribution in [2.45, 2.75) is 6.61 Å². The van der Waals surface area contributed by atoms with Gasteiger partial charge in [0.25, 0.3) is 0 Å². The summed E-state index contributed by atoms with van der Waals surface area (Å²) >= 11 is 9.16. The molecule has 0 amide bonds. The molecule has 5 heteroatoms. The normalized spacial score (nSPS) is 10.4. The number of hydrogen-bond acceptors (Lipinski definition) is 2. The lowest BCUT2D eigenvalue weighted by molar-refractivity contribution is 0.291. The molecule has 1 heterocycles. The molecule has 0 saturated carbocycles. The maximum absolute atomic E-state index is 5.78. The largest absolute Gasteiger partial charge is 0.486 e. The van der Waals surface area contributed by atoms with E-state index in [1.807, 2.05) is 23.7 Å². The van der Waals surface area contributed by atoms with Crippen LogP contribution < -0.4 is 4.74 Å². The highest BCUT2D eigenvalue weighted by atomic mass is 79.9. The lowest BCUT2D eigenvalue weighted by Crippen LogP contribution is -2.03. The van der Waals surface area contributed by atoms with E-state index in [4.69, 9.17) is 16.3 Å². The minimum atomic E-state index is 0.434. The molecule has 0 atom stereocenters. The Morgan fingerprint density at radius 2 is 2.06 bits per heavy atom. The first kappa shape index (κ1) is 11.5. The molecule has 16 heavy (non-hydrogen) atoms. The van der Waals surface area contributed by atoms with Crippen molar-refractivity contribution < 1.29 is 4.74 Å². The third kappa shape index (κ3) is 2.57. The molecule has 1 aromatic carbocycles. The Bertz CT molecular complexity index is 481. The molecule has 3 nitrogen and oxygen atoms in total. The highest BCUT2D eigenvalue weighted by Gasteiger charge is 2.04. The van der Waals surface area contributed by atoms with Gasteiger partial charge in [0.1, 0.15) is 22.8 Å². The van der Waals surface area contributed by atoms with E-state index in [9.17, 15) is 0 Å². The Balaban J connectivity index is 2.02. The highest BCUT2D eigenvalue weighted by Crippen LogP contribution is 2.17. The van der Waals surface area contributed by atoms with Gasteiger partial charge in [0.05, 0.1) is 6.20 Å². The monoisotopic (exact) mass is 300 g/mol. The summed E-state index contributed by atoms with van der Waals surface area (Å²) < 4.78 is 8.44. The van der Waals surface area contributed by atoms with Crippen molar-refractivity contribution in [3.63, 3.8) is 0 Å². The average Bonchev–Trinajstić information content (AvgIpc) is 2.60. The van der Waals surface area contributed by atoms with Crippen LogP contribution >= 0.6 is 27.5 Å². The number of benzene rings is 1. The summed E-state index contributed by atoms with van der Waals surface area (Å²) in [7, 11) is 1.93. The van der Waals surface area contributed by atoms with Gasteiger partial charge in [-0.3, -0.25) is 0 Å². The van der Waals surface area contributed by atoms with Crippen LogP contribution in [0.1, 0.15) is 5.82 Å². The van der Waals surface area contributed by atoms with Gasteiger partial charge in [-0.1, -0.05) is 11.6 Å². The van der Waals surface area contributed by atoms with Gasteiger partial charge in [-0.05, 0) is 40.2 Å². The van der Waals surface area contributed by atoms with Crippen molar-refractivity contribution in [3.8, 4) is 5.75 Å². The van der Waals surface area contributed by atoms with Crippen LogP contribution in [0.4, 0.5) is 0 Å². The molecule has 0 unspecified atom stereocenters. The second-order valence-electron chi connectivity index (χ2n) is 3.30. The van der Waals surface area contributed by atoms with E-state index in [0.29, 0.717) is 11.6 Å². The molecule has 0 aliphatic heterocycles. The van der Waals surface area contributed by atoms with Gasteiger partial charge in [-0.15, -0.1) is 0 Å². The molecule has 0 fully saturated rings. The Morgan fingerprint density at radius 3 is 2.62 bits per heavy atom. The first-order valence-corrected chi connectivity index (χ1v) is 5.88. The van der Waals surface area contributed by atoms with Crippen LogP contribution in [0.3, 0.4) is 0 Å². The van der Waals surface area contributed by atoms with E-state index in [1.165, 1.54) is 0 Å². The van der Waals surface area contributed by atoms with Gasteiger partial charge in [-0.2, -0.15) is 0 Å². The van der Waals surface area contributed by atoms with Crippen molar-refractivity contribution in [2.75, 3.05) is 0 Å². The third-order valence-corrected chi connectivity index (χ3v) is 3.20. The van der Waals surface area contributed by atoms with Crippen molar-refractivity contribution in [3.05, 3.63) is 45.9 Å². The zero-order chi connectivity index (χ0) is 11.5. The van der Waals surface area contributed by atoms with Crippen molar-refractivity contribution in [2.24, 2.45) is 7.05 Å². The van der Waals surface area contributed by atoms with E-state index in [1.54, 1.807) is 18.3 Å². The van der Waals surface area contributed by atoms with Crippen LogP contribution in [0, 0.1) is 0 Å². The van der Waals surface area contributed by atoms with Crippen LogP contribution in [0.5, 0.6) is 5.75 Å². The summed E-state index contributed by atoms with van der Waals surface area (Å²) in [6.45, 7) is 0.434. The van der Waals surface area contributed by atoms with Crippen LogP contribution in [-0.2, 0) is 13.7 Å². The molecule has 0 bridgehead atoms. The molecular weight excluding hydrogens is 291 g/mol. The SMILES string of the molecule is Cn1c(Br)cnc1COc1ccc(Cl)cc1. The molecular formula is C11H10BrClN2O. The smallest absolute Gasteiger partial charge is 0.147 e. The lowest BCUT2D eigenvalue weighted by Gasteiger charge is -2.06. The van der Waals surface area contributed by atoms with E-state index >= 15 is 0 Å². The van der Waals surface area contributed by atoms with Gasteiger partial charge < -0.3 is 9.30 Å². The maximum atomic E-state index is 5.78. The number of hydrogen-bond donors (Lipinski definition) is 0. The van der Waals surface area contributed by atoms with E-state index in [2.05, 4.69) is 20.9 Å². The Morgan fingerprint density at radius 1 is 1.38 bits per heavy atom. The van der Waals surface area contributed by atoms with Crippen molar-refractivity contribution in [1.29, 1.82) is 0 Å². The molecule has 0 aliphatic carbocycles. The van der Waals surface area contributed by atoms with Gasteiger partial charge >= 0.3 is 0 Å². The van der Waals surface area contributed by atoms with Crippen LogP contribution in [0.25, 0.3) is 0 Å². The molecule has 2 aromatic rings. The second-order valence-corrected chi connectivity index (χ2v) is 4.55. The fourth-order valence-corrected chi connectivity index (χ4v) is 1.67. The first-order chi connectivity index (χ1) is 7.66. The molecule has 1 aromatic heterocycles. The predicted octanol–water partition coefficient (Wildman–Crippen LogP) is 3.42. The second kappa shape index (κ2) is 4.89. The molecule has 0 N–H and O–H groups in total. The molecule has 0 saturated heterocycles. The highest BCUT2D eigenvalue weighted by molar-refractivity contribution is 9.10. The van der Waals surface area contributed by atoms with Gasteiger partial charge in [0, 0.05) is 12.1 Å². The fourth-order valence-electron chi connectivity index (χ4n) is 1.24. The first-order valence-electron chi connectivity index (χ1n) is 4.71. The number of halogens is 2. The summed E-state index contributed by atoms with van der Waals surface area (Å²) in [5.74, 6) is 1.64. The van der Waals surface area contributed by atoms with Gasteiger partial charge in [0.2, 0.25) is 0 Å². The number of nitrogens with zero attached hydrogens (tertiary/aromatic N) is 2. The van der Waals surface area contributed by atoms with Crippen molar-refractivity contribution in [1.82, 2.24) is 9.55 Å². The fraction of sp³-hybridized carbons (Fsp3) is 0.182. The molecule has 84 valence electrons.